The fourth-order valence-electron chi connectivity index (χ4n) is 3.06. The van der Waals surface area contributed by atoms with Crippen molar-refractivity contribution in [1.29, 1.82) is 0 Å². The zero-order valence-electron chi connectivity index (χ0n) is 11.4. The minimum absolute atomic E-state index is 0.118. The lowest BCUT2D eigenvalue weighted by Gasteiger charge is -2.30. The third-order valence-corrected chi connectivity index (χ3v) is 4.23. The van der Waals surface area contributed by atoms with Crippen molar-refractivity contribution in [3.05, 3.63) is 35.6 Å². The van der Waals surface area contributed by atoms with Gasteiger partial charge in [0.2, 0.25) is 0 Å². The average Bonchev–Trinajstić information content (AvgIpc) is 3.23. The molecule has 1 saturated carbocycles. The number of hydrogen-bond acceptors (Lipinski definition) is 2. The first-order valence-corrected chi connectivity index (χ1v) is 7.50. The third kappa shape index (κ3) is 3.77. The number of piperidine rings is 1. The van der Waals surface area contributed by atoms with Crippen LogP contribution in [0.1, 0.15) is 31.2 Å². The van der Waals surface area contributed by atoms with Gasteiger partial charge in [0.25, 0.3) is 0 Å². The highest BCUT2D eigenvalue weighted by Gasteiger charge is 2.30. The second kappa shape index (κ2) is 6.02. The van der Waals surface area contributed by atoms with Gasteiger partial charge in [-0.1, -0.05) is 12.1 Å². The highest BCUT2D eigenvalue weighted by molar-refractivity contribution is 5.16. The lowest BCUT2D eigenvalue weighted by molar-refractivity contribution is 0.192. The number of hydrogen-bond donors (Lipinski definition) is 1. The van der Waals surface area contributed by atoms with Gasteiger partial charge < -0.3 is 5.32 Å². The summed E-state index contributed by atoms with van der Waals surface area (Å²) in [6.45, 7) is 4.38. The summed E-state index contributed by atoms with van der Waals surface area (Å²) in [6, 6.07) is 7.80. The van der Waals surface area contributed by atoms with E-state index in [1.165, 1.54) is 38.3 Å². The molecule has 1 unspecified atom stereocenters. The molecule has 104 valence electrons. The SMILES string of the molecule is Fc1cccc(CN(CC2CCCNC2)C2CC2)c1. The molecule has 2 fully saturated rings. The monoisotopic (exact) mass is 262 g/mol. The molecule has 3 heteroatoms. The van der Waals surface area contributed by atoms with Crippen molar-refractivity contribution in [2.75, 3.05) is 19.6 Å². The standard InChI is InChI=1S/C16H23FN2/c17-15-5-1-3-13(9-15)11-19(16-6-7-16)12-14-4-2-8-18-10-14/h1,3,5,9,14,16,18H,2,4,6-8,10-12H2. The molecule has 1 aliphatic heterocycles. The summed E-state index contributed by atoms with van der Waals surface area (Å²) in [5.41, 5.74) is 1.11. The predicted octanol–water partition coefficient (Wildman–Crippen LogP) is 2.79. The number of rotatable bonds is 5. The Balaban J connectivity index is 1.60. The van der Waals surface area contributed by atoms with E-state index in [0.29, 0.717) is 0 Å². The summed E-state index contributed by atoms with van der Waals surface area (Å²) < 4.78 is 13.3. The van der Waals surface area contributed by atoms with Crippen LogP contribution in [0.3, 0.4) is 0 Å². The van der Waals surface area contributed by atoms with Gasteiger partial charge >= 0.3 is 0 Å². The molecule has 3 rings (SSSR count). The molecule has 1 heterocycles. The Bertz CT molecular complexity index is 411. The molecule has 2 nitrogen and oxygen atoms in total. The fraction of sp³-hybridized carbons (Fsp3) is 0.625. The Morgan fingerprint density at radius 2 is 2.16 bits per heavy atom. The van der Waals surface area contributed by atoms with Gasteiger partial charge in [0.15, 0.2) is 0 Å². The minimum atomic E-state index is -0.118. The van der Waals surface area contributed by atoms with E-state index < -0.39 is 0 Å². The molecule has 0 bridgehead atoms. The van der Waals surface area contributed by atoms with Gasteiger partial charge in [-0.2, -0.15) is 0 Å². The smallest absolute Gasteiger partial charge is 0.123 e. The molecule has 0 aromatic heterocycles. The summed E-state index contributed by atoms with van der Waals surface area (Å²) in [5, 5.41) is 3.49. The van der Waals surface area contributed by atoms with E-state index in [1.807, 2.05) is 12.1 Å². The molecule has 1 aromatic carbocycles. The Morgan fingerprint density at radius 1 is 1.26 bits per heavy atom. The number of nitrogens with one attached hydrogen (secondary N) is 1. The summed E-state index contributed by atoms with van der Waals surface area (Å²) in [5.74, 6) is 0.649. The van der Waals surface area contributed by atoms with Gasteiger partial charge in [0, 0.05) is 19.1 Å². The van der Waals surface area contributed by atoms with Crippen molar-refractivity contribution >= 4 is 0 Å². The van der Waals surface area contributed by atoms with Crippen LogP contribution in [0, 0.1) is 11.7 Å². The first-order valence-electron chi connectivity index (χ1n) is 7.50. The van der Waals surface area contributed by atoms with Crippen LogP contribution in [0.15, 0.2) is 24.3 Å². The third-order valence-electron chi connectivity index (χ3n) is 4.23. The van der Waals surface area contributed by atoms with E-state index in [-0.39, 0.29) is 5.82 Å². The lowest BCUT2D eigenvalue weighted by atomic mass is 9.98. The quantitative estimate of drug-likeness (QED) is 0.878. The molecule has 0 spiro atoms. The molecular weight excluding hydrogens is 239 g/mol. The summed E-state index contributed by atoms with van der Waals surface area (Å²) in [7, 11) is 0. The van der Waals surface area contributed by atoms with Gasteiger partial charge in [-0.05, 0) is 62.4 Å². The summed E-state index contributed by atoms with van der Waals surface area (Å²) in [4.78, 5) is 2.56. The maximum Gasteiger partial charge on any atom is 0.123 e. The number of halogens is 1. The van der Waals surface area contributed by atoms with Crippen molar-refractivity contribution < 1.29 is 4.39 Å². The highest BCUT2D eigenvalue weighted by Crippen LogP contribution is 2.30. The van der Waals surface area contributed by atoms with Crippen molar-refractivity contribution in [3.63, 3.8) is 0 Å². The van der Waals surface area contributed by atoms with Crippen LogP contribution in [-0.4, -0.2) is 30.6 Å². The van der Waals surface area contributed by atoms with E-state index in [4.69, 9.17) is 0 Å². The zero-order valence-corrected chi connectivity index (χ0v) is 11.4. The molecule has 0 amide bonds. The maximum absolute atomic E-state index is 13.3. The van der Waals surface area contributed by atoms with E-state index in [1.54, 1.807) is 6.07 Å². The molecule has 1 aliphatic carbocycles. The van der Waals surface area contributed by atoms with Gasteiger partial charge in [-0.15, -0.1) is 0 Å². The summed E-state index contributed by atoms with van der Waals surface area (Å²) in [6.07, 6.45) is 5.26. The van der Waals surface area contributed by atoms with Crippen molar-refractivity contribution in [1.82, 2.24) is 10.2 Å². The van der Waals surface area contributed by atoms with Crippen LogP contribution in [0.4, 0.5) is 4.39 Å². The minimum Gasteiger partial charge on any atom is -0.316 e. The maximum atomic E-state index is 13.3. The first kappa shape index (κ1) is 13.1. The molecule has 1 N–H and O–H groups in total. The predicted molar refractivity (Wildman–Crippen MR) is 75.4 cm³/mol. The molecule has 0 radical (unpaired) electrons. The van der Waals surface area contributed by atoms with Crippen LogP contribution in [0.5, 0.6) is 0 Å². The zero-order chi connectivity index (χ0) is 13.1. The first-order chi connectivity index (χ1) is 9.31. The Labute approximate surface area is 115 Å². The van der Waals surface area contributed by atoms with Crippen LogP contribution in [-0.2, 0) is 6.54 Å². The Morgan fingerprint density at radius 3 is 2.84 bits per heavy atom. The molecule has 1 atom stereocenters. The average molecular weight is 262 g/mol. The van der Waals surface area contributed by atoms with Gasteiger partial charge in [-0.25, -0.2) is 4.39 Å². The topological polar surface area (TPSA) is 15.3 Å². The highest BCUT2D eigenvalue weighted by atomic mass is 19.1. The lowest BCUT2D eigenvalue weighted by Crippen LogP contribution is -2.39. The number of nitrogens with zero attached hydrogens (tertiary/aromatic N) is 1. The van der Waals surface area contributed by atoms with Crippen LogP contribution < -0.4 is 5.32 Å². The second-order valence-corrected chi connectivity index (χ2v) is 6.00. The van der Waals surface area contributed by atoms with Crippen molar-refractivity contribution in [3.8, 4) is 0 Å². The van der Waals surface area contributed by atoms with Gasteiger partial charge in [0.1, 0.15) is 5.82 Å². The molecule has 1 aromatic rings. The Hall–Kier alpha value is -0.930. The van der Waals surface area contributed by atoms with E-state index in [0.717, 1.165) is 37.2 Å². The largest absolute Gasteiger partial charge is 0.316 e. The van der Waals surface area contributed by atoms with Gasteiger partial charge in [-0.3, -0.25) is 4.90 Å². The van der Waals surface area contributed by atoms with E-state index in [2.05, 4.69) is 10.2 Å². The molecule has 1 saturated heterocycles. The van der Waals surface area contributed by atoms with Crippen molar-refractivity contribution in [2.45, 2.75) is 38.3 Å². The van der Waals surface area contributed by atoms with Crippen molar-refractivity contribution in [2.24, 2.45) is 5.92 Å². The Kier molecular flexibility index (Phi) is 4.14. The normalized spacial score (nSPS) is 23.8. The molecule has 19 heavy (non-hydrogen) atoms. The van der Waals surface area contributed by atoms with Crippen LogP contribution >= 0.6 is 0 Å². The summed E-state index contributed by atoms with van der Waals surface area (Å²) >= 11 is 0. The van der Waals surface area contributed by atoms with Crippen LogP contribution in [0.25, 0.3) is 0 Å². The second-order valence-electron chi connectivity index (χ2n) is 6.00. The number of benzene rings is 1. The van der Waals surface area contributed by atoms with E-state index >= 15 is 0 Å². The van der Waals surface area contributed by atoms with Crippen LogP contribution in [0.2, 0.25) is 0 Å². The fourth-order valence-corrected chi connectivity index (χ4v) is 3.06. The van der Waals surface area contributed by atoms with Gasteiger partial charge in [0.05, 0.1) is 0 Å². The molecule has 2 aliphatic rings. The van der Waals surface area contributed by atoms with E-state index in [9.17, 15) is 4.39 Å². The molecular formula is C16H23FN2.